The number of rotatable bonds is 5. The maximum absolute atomic E-state index is 4.71. The van der Waals surface area contributed by atoms with Crippen LogP contribution in [0, 0.1) is 12.8 Å². The molecule has 1 aromatic heterocycles. The molecule has 0 spiro atoms. The lowest BCUT2D eigenvalue weighted by Crippen LogP contribution is -2.18. The van der Waals surface area contributed by atoms with Crippen LogP contribution in [0.4, 0.5) is 0 Å². The zero-order valence-electron chi connectivity index (χ0n) is 12.1. The first-order valence-corrected chi connectivity index (χ1v) is 7.49. The van der Waals surface area contributed by atoms with Crippen molar-refractivity contribution in [3.8, 4) is 0 Å². The van der Waals surface area contributed by atoms with Gasteiger partial charge in [-0.1, -0.05) is 20.3 Å². The van der Waals surface area contributed by atoms with Gasteiger partial charge in [0.15, 0.2) is 0 Å². The molecule has 1 saturated carbocycles. The lowest BCUT2D eigenvalue weighted by atomic mass is 9.85. The number of nitrogens with zero attached hydrogens (tertiary/aromatic N) is 2. The zero-order valence-corrected chi connectivity index (χ0v) is 12.1. The summed E-state index contributed by atoms with van der Waals surface area (Å²) < 4.78 is 2.23. The van der Waals surface area contributed by atoms with E-state index >= 15 is 0 Å². The number of aromatic nitrogens is 2. The van der Waals surface area contributed by atoms with E-state index in [2.05, 4.69) is 37.0 Å². The van der Waals surface area contributed by atoms with Crippen molar-refractivity contribution in [2.45, 2.75) is 65.5 Å². The second kappa shape index (κ2) is 6.37. The normalized spacial score (nSPS) is 24.4. The van der Waals surface area contributed by atoms with Crippen LogP contribution in [-0.2, 0) is 6.54 Å². The van der Waals surface area contributed by atoms with Gasteiger partial charge >= 0.3 is 0 Å². The SMILES string of the molecule is CCNCc1cn(C2CCC(CC)CC2)nc1C. The van der Waals surface area contributed by atoms with Crippen LogP contribution in [0.15, 0.2) is 6.20 Å². The molecular weight excluding hydrogens is 222 g/mol. The van der Waals surface area contributed by atoms with Crippen molar-refractivity contribution in [3.05, 3.63) is 17.5 Å². The van der Waals surface area contributed by atoms with Gasteiger partial charge < -0.3 is 5.32 Å². The van der Waals surface area contributed by atoms with Crippen LogP contribution < -0.4 is 5.32 Å². The fourth-order valence-corrected chi connectivity index (χ4v) is 2.96. The van der Waals surface area contributed by atoms with E-state index in [9.17, 15) is 0 Å². The predicted octanol–water partition coefficient (Wildman–Crippen LogP) is 3.44. The smallest absolute Gasteiger partial charge is 0.0638 e. The minimum absolute atomic E-state index is 0.641. The van der Waals surface area contributed by atoms with Gasteiger partial charge in [0.25, 0.3) is 0 Å². The Kier molecular flexibility index (Phi) is 4.81. The van der Waals surface area contributed by atoms with Crippen molar-refractivity contribution in [2.75, 3.05) is 6.54 Å². The summed E-state index contributed by atoms with van der Waals surface area (Å²) in [6, 6.07) is 0.641. The van der Waals surface area contributed by atoms with Crippen molar-refractivity contribution < 1.29 is 0 Å². The highest BCUT2D eigenvalue weighted by Gasteiger charge is 2.22. The van der Waals surface area contributed by atoms with E-state index in [1.807, 2.05) is 0 Å². The Hall–Kier alpha value is -0.830. The van der Waals surface area contributed by atoms with Crippen LogP contribution in [0.25, 0.3) is 0 Å². The predicted molar refractivity (Wildman–Crippen MR) is 75.6 cm³/mol. The third kappa shape index (κ3) is 3.14. The van der Waals surface area contributed by atoms with Gasteiger partial charge in [0.1, 0.15) is 0 Å². The molecule has 2 rings (SSSR count). The summed E-state index contributed by atoms with van der Waals surface area (Å²) in [4.78, 5) is 0. The summed E-state index contributed by atoms with van der Waals surface area (Å²) in [6.07, 6.45) is 8.97. The van der Waals surface area contributed by atoms with Gasteiger partial charge in [-0.25, -0.2) is 0 Å². The van der Waals surface area contributed by atoms with Crippen molar-refractivity contribution in [1.82, 2.24) is 15.1 Å². The monoisotopic (exact) mass is 249 g/mol. The molecule has 0 unspecified atom stereocenters. The van der Waals surface area contributed by atoms with Crippen LogP contribution in [-0.4, -0.2) is 16.3 Å². The molecule has 0 bridgehead atoms. The minimum Gasteiger partial charge on any atom is -0.313 e. The molecule has 0 atom stereocenters. The highest BCUT2D eigenvalue weighted by atomic mass is 15.3. The van der Waals surface area contributed by atoms with Crippen LogP contribution in [0.3, 0.4) is 0 Å². The zero-order chi connectivity index (χ0) is 13.0. The Bertz CT molecular complexity index is 362. The molecule has 3 heteroatoms. The Morgan fingerprint density at radius 3 is 2.61 bits per heavy atom. The summed E-state index contributed by atoms with van der Waals surface area (Å²) in [5.74, 6) is 0.958. The van der Waals surface area contributed by atoms with Crippen molar-refractivity contribution in [2.24, 2.45) is 5.92 Å². The molecule has 102 valence electrons. The molecule has 1 aromatic rings. The Labute approximate surface area is 111 Å². The second-order valence-corrected chi connectivity index (χ2v) is 5.58. The van der Waals surface area contributed by atoms with E-state index < -0.39 is 0 Å². The molecule has 18 heavy (non-hydrogen) atoms. The lowest BCUT2D eigenvalue weighted by Gasteiger charge is -2.27. The molecule has 3 nitrogen and oxygen atoms in total. The molecule has 1 N–H and O–H groups in total. The average molecular weight is 249 g/mol. The van der Waals surface area contributed by atoms with Crippen LogP contribution >= 0.6 is 0 Å². The van der Waals surface area contributed by atoms with E-state index in [0.717, 1.165) is 19.0 Å². The van der Waals surface area contributed by atoms with Gasteiger partial charge in [-0.3, -0.25) is 4.68 Å². The fourth-order valence-electron chi connectivity index (χ4n) is 2.96. The van der Waals surface area contributed by atoms with Gasteiger partial charge in [0.05, 0.1) is 11.7 Å². The third-order valence-corrected chi connectivity index (χ3v) is 4.35. The maximum atomic E-state index is 4.71. The highest BCUT2D eigenvalue weighted by molar-refractivity contribution is 5.15. The van der Waals surface area contributed by atoms with Gasteiger partial charge in [-0.15, -0.1) is 0 Å². The van der Waals surface area contributed by atoms with E-state index in [1.165, 1.54) is 43.4 Å². The summed E-state index contributed by atoms with van der Waals surface area (Å²) in [5, 5.41) is 8.10. The first-order valence-electron chi connectivity index (χ1n) is 7.49. The Morgan fingerprint density at radius 2 is 2.00 bits per heavy atom. The molecule has 1 aliphatic rings. The van der Waals surface area contributed by atoms with Crippen molar-refractivity contribution in [1.29, 1.82) is 0 Å². The lowest BCUT2D eigenvalue weighted by molar-refractivity contribution is 0.256. The summed E-state index contributed by atoms with van der Waals surface area (Å²) in [5.41, 5.74) is 2.54. The number of hydrogen-bond donors (Lipinski definition) is 1. The number of nitrogens with one attached hydrogen (secondary N) is 1. The van der Waals surface area contributed by atoms with E-state index in [1.54, 1.807) is 0 Å². The van der Waals surface area contributed by atoms with Crippen LogP contribution in [0.2, 0.25) is 0 Å². The Balaban J connectivity index is 1.97. The molecule has 0 aliphatic heterocycles. The summed E-state index contributed by atoms with van der Waals surface area (Å²) in [6.45, 7) is 8.56. The summed E-state index contributed by atoms with van der Waals surface area (Å²) in [7, 11) is 0. The van der Waals surface area contributed by atoms with Gasteiger partial charge in [0.2, 0.25) is 0 Å². The molecule has 1 heterocycles. The van der Waals surface area contributed by atoms with Gasteiger partial charge in [-0.2, -0.15) is 5.10 Å². The molecule has 1 fully saturated rings. The van der Waals surface area contributed by atoms with E-state index in [-0.39, 0.29) is 0 Å². The van der Waals surface area contributed by atoms with Gasteiger partial charge in [0, 0.05) is 18.3 Å². The van der Waals surface area contributed by atoms with Crippen molar-refractivity contribution >= 4 is 0 Å². The quantitative estimate of drug-likeness (QED) is 0.866. The van der Waals surface area contributed by atoms with E-state index in [4.69, 9.17) is 5.10 Å². The Morgan fingerprint density at radius 1 is 1.28 bits per heavy atom. The standard InChI is InChI=1S/C15H27N3/c1-4-13-6-8-15(9-7-13)18-11-14(10-16-5-2)12(3)17-18/h11,13,15-16H,4-10H2,1-3H3. The first-order chi connectivity index (χ1) is 8.74. The van der Waals surface area contributed by atoms with Crippen LogP contribution in [0.5, 0.6) is 0 Å². The topological polar surface area (TPSA) is 29.9 Å². The molecular formula is C15H27N3. The average Bonchev–Trinajstić information content (AvgIpc) is 2.78. The molecule has 0 saturated heterocycles. The molecule has 0 aromatic carbocycles. The van der Waals surface area contributed by atoms with E-state index in [0.29, 0.717) is 6.04 Å². The molecule has 0 radical (unpaired) electrons. The number of aryl methyl sites for hydroxylation is 1. The third-order valence-electron chi connectivity index (χ3n) is 4.35. The number of hydrogen-bond acceptors (Lipinski definition) is 2. The fraction of sp³-hybridized carbons (Fsp3) is 0.800. The first kappa shape index (κ1) is 13.6. The van der Waals surface area contributed by atoms with Gasteiger partial charge in [-0.05, 0) is 45.1 Å². The molecule has 0 amide bonds. The summed E-state index contributed by atoms with van der Waals surface area (Å²) >= 11 is 0. The van der Waals surface area contributed by atoms with Crippen molar-refractivity contribution in [3.63, 3.8) is 0 Å². The largest absolute Gasteiger partial charge is 0.313 e. The van der Waals surface area contributed by atoms with Crippen LogP contribution in [0.1, 0.15) is 63.3 Å². The maximum Gasteiger partial charge on any atom is 0.0638 e. The second-order valence-electron chi connectivity index (χ2n) is 5.58. The minimum atomic E-state index is 0.641. The highest BCUT2D eigenvalue weighted by Crippen LogP contribution is 2.33. The molecule has 1 aliphatic carbocycles.